The van der Waals surface area contributed by atoms with Gasteiger partial charge in [-0.05, 0) is 35.6 Å². The summed E-state index contributed by atoms with van der Waals surface area (Å²) in [7, 11) is 0. The highest BCUT2D eigenvalue weighted by molar-refractivity contribution is 9.09. The molecule has 1 heterocycles. The maximum atomic E-state index is 6.17. The molecule has 1 nitrogen and oxygen atoms in total. The van der Waals surface area contributed by atoms with Crippen LogP contribution in [0.3, 0.4) is 0 Å². The van der Waals surface area contributed by atoms with Gasteiger partial charge in [0.25, 0.3) is 0 Å². The van der Waals surface area contributed by atoms with Crippen LogP contribution in [-0.2, 0) is 12.8 Å². The fourth-order valence-corrected chi connectivity index (χ4v) is 3.24. The molecule has 0 amide bonds. The molecular weight excluding hydrogens is 300 g/mol. The molecule has 2 unspecified atom stereocenters. The lowest BCUT2D eigenvalue weighted by Crippen LogP contribution is -2.13. The lowest BCUT2D eigenvalue weighted by atomic mass is 9.93. The van der Waals surface area contributed by atoms with E-state index in [9.17, 15) is 0 Å². The van der Waals surface area contributed by atoms with Gasteiger partial charge in [0.05, 0.1) is 6.61 Å². The first kappa shape index (κ1) is 13.2. The van der Waals surface area contributed by atoms with E-state index in [1.165, 1.54) is 11.1 Å². The first-order valence-corrected chi connectivity index (χ1v) is 7.49. The van der Waals surface area contributed by atoms with Crippen LogP contribution in [0.25, 0.3) is 0 Å². The van der Waals surface area contributed by atoms with E-state index in [1.54, 1.807) is 0 Å². The maximum Gasteiger partial charge on any atom is 0.125 e. The third-order valence-corrected chi connectivity index (χ3v) is 4.45. The summed E-state index contributed by atoms with van der Waals surface area (Å²) in [4.78, 5) is 0.517. The lowest BCUT2D eigenvalue weighted by molar-refractivity contribution is 0.350. The summed E-state index contributed by atoms with van der Waals surface area (Å²) < 4.78 is 5.74. The highest BCUT2D eigenvalue weighted by Gasteiger charge is 2.21. The summed E-state index contributed by atoms with van der Waals surface area (Å²) in [6.07, 6.45) is 3.18. The topological polar surface area (TPSA) is 9.23 Å². The number of benzene rings is 1. The van der Waals surface area contributed by atoms with E-state index in [-0.39, 0.29) is 0 Å². The Morgan fingerprint density at radius 2 is 2.24 bits per heavy atom. The van der Waals surface area contributed by atoms with Crippen LogP contribution in [0.4, 0.5) is 0 Å². The Hall–Kier alpha value is -0.210. The minimum atomic E-state index is 0.517. The number of fused-ring (bicyclic) bond motifs is 1. The molecule has 3 heteroatoms. The molecule has 1 aromatic carbocycles. The highest BCUT2D eigenvalue weighted by Crippen LogP contribution is 2.35. The van der Waals surface area contributed by atoms with E-state index in [0.717, 1.165) is 36.6 Å². The van der Waals surface area contributed by atoms with E-state index in [0.29, 0.717) is 10.7 Å². The smallest absolute Gasteiger partial charge is 0.125 e. The summed E-state index contributed by atoms with van der Waals surface area (Å²) in [5.41, 5.74) is 2.53. The minimum Gasteiger partial charge on any atom is -0.493 e. The van der Waals surface area contributed by atoms with Gasteiger partial charge >= 0.3 is 0 Å². The van der Waals surface area contributed by atoms with Gasteiger partial charge in [0.1, 0.15) is 5.75 Å². The van der Waals surface area contributed by atoms with Crippen molar-refractivity contribution in [3.63, 3.8) is 0 Å². The molecule has 0 saturated heterocycles. The molecule has 94 valence electrons. The third kappa shape index (κ3) is 2.97. The van der Waals surface area contributed by atoms with Crippen LogP contribution < -0.4 is 4.74 Å². The number of halogens is 2. The molecule has 2 atom stereocenters. The predicted molar refractivity (Wildman–Crippen MR) is 76.5 cm³/mol. The maximum absolute atomic E-state index is 6.17. The number of hydrogen-bond acceptors (Lipinski definition) is 1. The van der Waals surface area contributed by atoms with Crippen LogP contribution in [0.5, 0.6) is 5.75 Å². The van der Waals surface area contributed by atoms with Crippen molar-refractivity contribution < 1.29 is 4.74 Å². The highest BCUT2D eigenvalue weighted by atomic mass is 79.9. The van der Waals surface area contributed by atoms with Crippen LogP contribution in [-0.4, -0.2) is 11.4 Å². The van der Waals surface area contributed by atoms with Crippen molar-refractivity contribution in [1.29, 1.82) is 0 Å². The molecule has 0 aliphatic carbocycles. The van der Waals surface area contributed by atoms with Crippen LogP contribution in [0.2, 0.25) is 5.02 Å². The molecule has 17 heavy (non-hydrogen) atoms. The summed E-state index contributed by atoms with van der Waals surface area (Å²) in [5.74, 6) is 1.71. The Labute approximate surface area is 117 Å². The van der Waals surface area contributed by atoms with Crippen LogP contribution in [0.1, 0.15) is 31.4 Å². The molecule has 1 aromatic rings. The van der Waals surface area contributed by atoms with E-state index in [2.05, 4.69) is 35.8 Å². The second-order valence-corrected chi connectivity index (χ2v) is 6.58. The zero-order valence-corrected chi connectivity index (χ0v) is 12.6. The summed E-state index contributed by atoms with van der Waals surface area (Å²) in [5, 5.41) is 0.835. The van der Waals surface area contributed by atoms with Crippen LogP contribution in [0.15, 0.2) is 12.1 Å². The zero-order chi connectivity index (χ0) is 12.4. The third-order valence-electron chi connectivity index (χ3n) is 3.48. The molecule has 1 aliphatic rings. The fraction of sp³-hybridized carbons (Fsp3) is 0.571. The van der Waals surface area contributed by atoms with Crippen molar-refractivity contribution in [2.75, 3.05) is 6.61 Å². The lowest BCUT2D eigenvalue weighted by Gasteiger charge is -2.19. The first-order chi connectivity index (χ1) is 8.11. The second kappa shape index (κ2) is 5.62. The van der Waals surface area contributed by atoms with E-state index in [4.69, 9.17) is 16.3 Å². The van der Waals surface area contributed by atoms with Crippen LogP contribution >= 0.6 is 27.5 Å². The first-order valence-electron chi connectivity index (χ1n) is 6.20. The number of ether oxygens (including phenoxy) is 1. The molecule has 0 N–H and O–H groups in total. The molecule has 0 radical (unpaired) electrons. The van der Waals surface area contributed by atoms with Gasteiger partial charge in [0, 0.05) is 16.3 Å². The van der Waals surface area contributed by atoms with Gasteiger partial charge in [0.2, 0.25) is 0 Å². The summed E-state index contributed by atoms with van der Waals surface area (Å²) in [6.45, 7) is 5.23. The standard InChI is InChI=1S/C14H18BrClO/c1-3-10(9(2)15)6-12-8-13(16)7-11-4-5-17-14(11)12/h7-10H,3-6H2,1-2H3. The van der Waals surface area contributed by atoms with Crippen molar-refractivity contribution in [2.24, 2.45) is 5.92 Å². The fourth-order valence-electron chi connectivity index (χ4n) is 2.41. The van der Waals surface area contributed by atoms with E-state index >= 15 is 0 Å². The molecule has 0 saturated carbocycles. The van der Waals surface area contributed by atoms with Crippen molar-refractivity contribution in [3.8, 4) is 5.75 Å². The zero-order valence-electron chi connectivity index (χ0n) is 10.3. The van der Waals surface area contributed by atoms with Crippen LogP contribution in [0, 0.1) is 5.92 Å². The molecule has 2 rings (SSSR count). The number of rotatable bonds is 4. The molecule has 0 aromatic heterocycles. The number of hydrogen-bond donors (Lipinski definition) is 0. The van der Waals surface area contributed by atoms with Gasteiger partial charge in [-0.3, -0.25) is 0 Å². The van der Waals surface area contributed by atoms with Gasteiger partial charge in [0.15, 0.2) is 0 Å². The van der Waals surface area contributed by atoms with Crippen molar-refractivity contribution >= 4 is 27.5 Å². The summed E-state index contributed by atoms with van der Waals surface area (Å²) >= 11 is 9.85. The average molecular weight is 318 g/mol. The molecular formula is C14H18BrClO. The van der Waals surface area contributed by atoms with E-state index < -0.39 is 0 Å². The minimum absolute atomic E-state index is 0.517. The molecule has 0 spiro atoms. The Bertz CT molecular complexity index is 403. The Kier molecular flexibility index (Phi) is 4.37. The SMILES string of the molecule is CCC(Cc1cc(Cl)cc2c1OCC2)C(C)Br. The average Bonchev–Trinajstić information content (AvgIpc) is 2.72. The summed E-state index contributed by atoms with van der Waals surface area (Å²) in [6, 6.07) is 4.09. The van der Waals surface area contributed by atoms with Gasteiger partial charge in [-0.25, -0.2) is 0 Å². The van der Waals surface area contributed by atoms with Gasteiger partial charge < -0.3 is 4.74 Å². The molecule has 1 aliphatic heterocycles. The van der Waals surface area contributed by atoms with Crippen molar-refractivity contribution in [3.05, 3.63) is 28.3 Å². The quantitative estimate of drug-likeness (QED) is 0.736. The van der Waals surface area contributed by atoms with Crippen molar-refractivity contribution in [2.45, 2.75) is 37.9 Å². The van der Waals surface area contributed by atoms with Crippen molar-refractivity contribution in [1.82, 2.24) is 0 Å². The number of alkyl halides is 1. The largest absolute Gasteiger partial charge is 0.493 e. The monoisotopic (exact) mass is 316 g/mol. The Morgan fingerprint density at radius 3 is 2.88 bits per heavy atom. The second-order valence-electron chi connectivity index (χ2n) is 4.70. The normalized spacial score (nSPS) is 17.4. The van der Waals surface area contributed by atoms with Gasteiger partial charge in [-0.15, -0.1) is 0 Å². The molecule has 0 bridgehead atoms. The Morgan fingerprint density at radius 1 is 1.47 bits per heavy atom. The Balaban J connectivity index is 2.26. The van der Waals surface area contributed by atoms with E-state index in [1.807, 2.05) is 6.07 Å². The van der Waals surface area contributed by atoms with Gasteiger partial charge in [-0.1, -0.05) is 47.8 Å². The molecule has 0 fully saturated rings. The van der Waals surface area contributed by atoms with Gasteiger partial charge in [-0.2, -0.15) is 0 Å². The predicted octanol–water partition coefficient (Wildman–Crippen LogP) is 4.63.